The van der Waals surface area contributed by atoms with Crippen molar-refractivity contribution in [3.63, 3.8) is 0 Å². The van der Waals surface area contributed by atoms with Crippen LogP contribution in [0.5, 0.6) is 0 Å². The van der Waals surface area contributed by atoms with Crippen LogP contribution in [0.15, 0.2) is 49.8 Å². The van der Waals surface area contributed by atoms with Gasteiger partial charge in [-0.1, -0.05) is 53.9 Å². The van der Waals surface area contributed by atoms with Crippen LogP contribution in [0.25, 0.3) is 11.0 Å². The molecule has 0 radical (unpaired) electrons. The first kappa shape index (κ1) is 13.3. The Labute approximate surface area is 136 Å². The maximum atomic E-state index is 4.60. The molecule has 3 rings (SSSR count). The minimum atomic E-state index is 0.778. The fraction of sp³-hybridized carbons (Fsp3) is 0.0714. The van der Waals surface area contributed by atoms with E-state index in [1.54, 1.807) is 0 Å². The average molecular weight is 445 g/mol. The van der Waals surface area contributed by atoms with Gasteiger partial charge in [-0.15, -0.1) is 0 Å². The fourth-order valence-corrected chi connectivity index (χ4v) is 3.51. The number of nitrogens with zero attached hydrogens (tertiary/aromatic N) is 1. The minimum absolute atomic E-state index is 0.778. The van der Waals surface area contributed by atoms with Crippen molar-refractivity contribution in [2.24, 2.45) is 0 Å². The maximum absolute atomic E-state index is 4.60. The third-order valence-electron chi connectivity index (χ3n) is 2.87. The molecule has 5 heteroatoms. The van der Waals surface area contributed by atoms with Gasteiger partial charge in [0.15, 0.2) is 0 Å². The zero-order valence-electron chi connectivity index (χ0n) is 9.75. The molecule has 0 aliphatic carbocycles. The molecule has 1 N–H and O–H groups in total. The average Bonchev–Trinajstić information content (AvgIpc) is 2.74. The first-order valence-corrected chi connectivity index (χ1v) is 8.08. The Balaban J connectivity index is 1.96. The van der Waals surface area contributed by atoms with E-state index in [2.05, 4.69) is 69.9 Å². The number of hydrogen-bond donors (Lipinski definition) is 1. The summed E-state index contributed by atoms with van der Waals surface area (Å²) in [7, 11) is 0. The van der Waals surface area contributed by atoms with E-state index in [-0.39, 0.29) is 0 Å². The molecular formula is C14H9Br3N2. The van der Waals surface area contributed by atoms with Crippen LogP contribution in [-0.4, -0.2) is 9.97 Å². The zero-order chi connectivity index (χ0) is 13.4. The van der Waals surface area contributed by atoms with Crippen LogP contribution in [0.4, 0.5) is 0 Å². The molecular weight excluding hydrogens is 436 g/mol. The second-order valence-electron chi connectivity index (χ2n) is 4.26. The van der Waals surface area contributed by atoms with Crippen molar-refractivity contribution in [3.8, 4) is 0 Å². The molecule has 0 saturated heterocycles. The predicted molar refractivity (Wildman–Crippen MR) is 88.4 cm³/mol. The molecule has 0 amide bonds. The Morgan fingerprint density at radius 3 is 2.47 bits per heavy atom. The molecule has 0 aliphatic heterocycles. The summed E-state index contributed by atoms with van der Waals surface area (Å²) in [5, 5.41) is 0. The van der Waals surface area contributed by atoms with Crippen molar-refractivity contribution in [2.45, 2.75) is 6.42 Å². The quantitative estimate of drug-likeness (QED) is 0.560. The number of H-pyrrole nitrogens is 1. The van der Waals surface area contributed by atoms with Crippen molar-refractivity contribution < 1.29 is 0 Å². The van der Waals surface area contributed by atoms with Crippen LogP contribution in [-0.2, 0) is 6.42 Å². The predicted octanol–water partition coefficient (Wildman–Crippen LogP) is 5.44. The zero-order valence-corrected chi connectivity index (χ0v) is 14.5. The molecule has 1 heterocycles. The summed E-state index contributed by atoms with van der Waals surface area (Å²) in [6.45, 7) is 0. The van der Waals surface area contributed by atoms with Crippen LogP contribution in [0.3, 0.4) is 0 Å². The third-order valence-corrected chi connectivity index (χ3v) is 4.59. The minimum Gasteiger partial charge on any atom is -0.342 e. The van der Waals surface area contributed by atoms with Crippen LogP contribution < -0.4 is 0 Å². The maximum Gasteiger partial charge on any atom is 0.111 e. The van der Waals surface area contributed by atoms with Gasteiger partial charge in [-0.05, 0) is 35.9 Å². The van der Waals surface area contributed by atoms with Gasteiger partial charge in [0.25, 0.3) is 0 Å². The molecule has 2 aromatic carbocycles. The molecule has 19 heavy (non-hydrogen) atoms. The van der Waals surface area contributed by atoms with Gasteiger partial charge in [-0.3, -0.25) is 0 Å². The van der Waals surface area contributed by atoms with Gasteiger partial charge in [0.05, 0.1) is 11.0 Å². The molecule has 0 spiro atoms. The highest BCUT2D eigenvalue weighted by Gasteiger charge is 2.07. The fourth-order valence-electron chi connectivity index (χ4n) is 1.96. The Kier molecular flexibility index (Phi) is 3.78. The summed E-state index contributed by atoms with van der Waals surface area (Å²) in [5.41, 5.74) is 3.25. The second-order valence-corrected chi connectivity index (χ2v) is 6.94. The number of aromatic nitrogens is 2. The van der Waals surface area contributed by atoms with E-state index in [4.69, 9.17) is 0 Å². The molecule has 0 bridgehead atoms. The van der Waals surface area contributed by atoms with Gasteiger partial charge in [0.1, 0.15) is 5.82 Å². The lowest BCUT2D eigenvalue weighted by atomic mass is 10.1. The van der Waals surface area contributed by atoms with E-state index >= 15 is 0 Å². The summed E-state index contributed by atoms with van der Waals surface area (Å²) in [4.78, 5) is 7.96. The van der Waals surface area contributed by atoms with Gasteiger partial charge >= 0.3 is 0 Å². The van der Waals surface area contributed by atoms with Crippen molar-refractivity contribution in [3.05, 3.63) is 61.2 Å². The summed E-state index contributed by atoms with van der Waals surface area (Å²) < 4.78 is 3.21. The number of aromatic amines is 1. The van der Waals surface area contributed by atoms with Gasteiger partial charge in [-0.25, -0.2) is 4.98 Å². The lowest BCUT2D eigenvalue weighted by Gasteiger charge is -2.02. The lowest BCUT2D eigenvalue weighted by molar-refractivity contribution is 1.03. The number of fused-ring (bicyclic) bond motifs is 1. The van der Waals surface area contributed by atoms with E-state index in [0.717, 1.165) is 36.7 Å². The number of halogens is 3. The highest BCUT2D eigenvalue weighted by atomic mass is 79.9. The van der Waals surface area contributed by atoms with E-state index < -0.39 is 0 Å². The molecule has 0 aliphatic rings. The van der Waals surface area contributed by atoms with E-state index in [1.165, 1.54) is 5.56 Å². The first-order valence-electron chi connectivity index (χ1n) is 5.70. The van der Waals surface area contributed by atoms with Crippen LogP contribution in [0.1, 0.15) is 11.4 Å². The topological polar surface area (TPSA) is 28.7 Å². The molecule has 96 valence electrons. The van der Waals surface area contributed by atoms with Crippen LogP contribution in [0.2, 0.25) is 0 Å². The van der Waals surface area contributed by atoms with Crippen LogP contribution in [0, 0.1) is 0 Å². The number of hydrogen-bond acceptors (Lipinski definition) is 1. The van der Waals surface area contributed by atoms with Crippen molar-refractivity contribution in [1.29, 1.82) is 0 Å². The van der Waals surface area contributed by atoms with E-state index in [0.29, 0.717) is 0 Å². The van der Waals surface area contributed by atoms with E-state index in [1.807, 2.05) is 24.3 Å². The first-order chi connectivity index (χ1) is 9.11. The molecule has 0 fully saturated rings. The highest BCUT2D eigenvalue weighted by Crippen LogP contribution is 2.25. The lowest BCUT2D eigenvalue weighted by Crippen LogP contribution is -1.91. The monoisotopic (exact) mass is 442 g/mol. The molecule has 0 saturated carbocycles. The molecule has 3 aromatic rings. The Morgan fingerprint density at radius 2 is 1.68 bits per heavy atom. The van der Waals surface area contributed by atoms with Gasteiger partial charge in [0.2, 0.25) is 0 Å². The van der Waals surface area contributed by atoms with Gasteiger partial charge < -0.3 is 4.98 Å². The van der Waals surface area contributed by atoms with Gasteiger partial charge in [-0.2, -0.15) is 0 Å². The SMILES string of the molecule is Brc1ccc(Cc2nc3ccc(Br)cc3[nH]2)c(Br)c1. The largest absolute Gasteiger partial charge is 0.342 e. The summed E-state index contributed by atoms with van der Waals surface area (Å²) >= 11 is 10.5. The smallest absolute Gasteiger partial charge is 0.111 e. The number of rotatable bonds is 2. The number of nitrogens with one attached hydrogen (secondary N) is 1. The molecule has 0 unspecified atom stereocenters. The van der Waals surface area contributed by atoms with Crippen LogP contribution >= 0.6 is 47.8 Å². The summed E-state index contributed by atoms with van der Waals surface area (Å²) in [6, 6.07) is 12.2. The van der Waals surface area contributed by atoms with E-state index in [9.17, 15) is 0 Å². The number of imidazole rings is 1. The van der Waals surface area contributed by atoms with Gasteiger partial charge in [0, 0.05) is 19.8 Å². The second kappa shape index (κ2) is 5.38. The van der Waals surface area contributed by atoms with Crippen molar-refractivity contribution in [1.82, 2.24) is 9.97 Å². The molecule has 2 nitrogen and oxygen atoms in total. The number of benzene rings is 2. The summed E-state index contributed by atoms with van der Waals surface area (Å²) in [6.07, 6.45) is 0.778. The van der Waals surface area contributed by atoms with Crippen molar-refractivity contribution in [2.75, 3.05) is 0 Å². The third kappa shape index (κ3) is 2.93. The normalized spacial score (nSPS) is 11.1. The van der Waals surface area contributed by atoms with Crippen molar-refractivity contribution >= 4 is 58.8 Å². The summed E-state index contributed by atoms with van der Waals surface area (Å²) in [5.74, 6) is 0.969. The molecule has 0 atom stereocenters. The highest BCUT2D eigenvalue weighted by molar-refractivity contribution is 9.11. The molecule has 1 aromatic heterocycles. The Hall–Kier alpha value is -0.650. The standard InChI is InChI=1S/C14H9Br3N2/c15-9-2-1-8(11(17)6-9)5-14-18-12-4-3-10(16)7-13(12)19-14/h1-4,6-7H,5H2,(H,18,19). The Morgan fingerprint density at radius 1 is 0.947 bits per heavy atom. The Bertz CT molecular complexity index is 750.